The lowest BCUT2D eigenvalue weighted by atomic mass is 9.95. The molecule has 1 aromatic rings. The molecule has 0 aromatic carbocycles. The van der Waals surface area contributed by atoms with E-state index in [9.17, 15) is 0 Å². The van der Waals surface area contributed by atoms with E-state index in [1.807, 2.05) is 6.20 Å². The summed E-state index contributed by atoms with van der Waals surface area (Å²) in [5.41, 5.74) is 0. The monoisotopic (exact) mass is 249 g/mol. The first-order valence-corrected chi connectivity index (χ1v) is 7.55. The standard InChI is InChI=1S/C15H27N3/c1-4-13(5-2)12(3)18-11-10-16-15(18)17-14-8-6-7-9-14/h10-14H,4-9H2,1-3H3,(H,16,17). The van der Waals surface area contributed by atoms with Crippen molar-refractivity contribution in [2.24, 2.45) is 5.92 Å². The Hall–Kier alpha value is -0.990. The summed E-state index contributed by atoms with van der Waals surface area (Å²) in [4.78, 5) is 4.50. The van der Waals surface area contributed by atoms with E-state index in [0.29, 0.717) is 12.1 Å². The molecule has 3 nitrogen and oxygen atoms in total. The van der Waals surface area contributed by atoms with Crippen LogP contribution in [0, 0.1) is 5.92 Å². The van der Waals surface area contributed by atoms with Crippen molar-refractivity contribution in [3.63, 3.8) is 0 Å². The first-order valence-electron chi connectivity index (χ1n) is 7.55. The highest BCUT2D eigenvalue weighted by Gasteiger charge is 2.21. The van der Waals surface area contributed by atoms with Gasteiger partial charge in [-0.15, -0.1) is 0 Å². The quantitative estimate of drug-likeness (QED) is 0.817. The summed E-state index contributed by atoms with van der Waals surface area (Å²) in [5, 5.41) is 3.63. The average Bonchev–Trinajstić information content (AvgIpc) is 3.02. The first-order chi connectivity index (χ1) is 8.76. The predicted molar refractivity (Wildman–Crippen MR) is 76.9 cm³/mol. The Labute approximate surface area is 111 Å². The first kappa shape index (κ1) is 13.4. The smallest absolute Gasteiger partial charge is 0.203 e. The molecule has 3 heteroatoms. The van der Waals surface area contributed by atoms with Crippen molar-refractivity contribution in [3.05, 3.63) is 12.4 Å². The lowest BCUT2D eigenvalue weighted by molar-refractivity contribution is 0.335. The summed E-state index contributed by atoms with van der Waals surface area (Å²) in [7, 11) is 0. The van der Waals surface area contributed by atoms with Crippen molar-refractivity contribution in [1.82, 2.24) is 9.55 Å². The van der Waals surface area contributed by atoms with Crippen molar-refractivity contribution in [2.45, 2.75) is 71.4 Å². The number of aromatic nitrogens is 2. The zero-order valence-electron chi connectivity index (χ0n) is 12.0. The van der Waals surface area contributed by atoms with Crippen LogP contribution >= 0.6 is 0 Å². The third kappa shape index (κ3) is 2.88. The Kier molecular flexibility index (Phi) is 4.67. The van der Waals surface area contributed by atoms with Crippen LogP contribution in [-0.2, 0) is 0 Å². The molecule has 1 atom stereocenters. The highest BCUT2D eigenvalue weighted by atomic mass is 15.2. The molecule has 1 saturated carbocycles. The molecule has 1 heterocycles. The molecule has 2 rings (SSSR count). The van der Waals surface area contributed by atoms with Crippen molar-refractivity contribution < 1.29 is 0 Å². The maximum absolute atomic E-state index is 4.50. The van der Waals surface area contributed by atoms with Crippen LogP contribution in [0.15, 0.2) is 12.4 Å². The zero-order chi connectivity index (χ0) is 13.0. The van der Waals surface area contributed by atoms with Crippen molar-refractivity contribution in [2.75, 3.05) is 5.32 Å². The Morgan fingerprint density at radius 2 is 2.00 bits per heavy atom. The van der Waals surface area contributed by atoms with Crippen molar-refractivity contribution in [1.29, 1.82) is 0 Å². The van der Waals surface area contributed by atoms with Crippen LogP contribution in [-0.4, -0.2) is 15.6 Å². The van der Waals surface area contributed by atoms with E-state index in [-0.39, 0.29) is 0 Å². The molecule has 0 radical (unpaired) electrons. The van der Waals surface area contributed by atoms with Gasteiger partial charge in [0, 0.05) is 24.5 Å². The van der Waals surface area contributed by atoms with E-state index < -0.39 is 0 Å². The van der Waals surface area contributed by atoms with Gasteiger partial charge in [0.1, 0.15) is 0 Å². The van der Waals surface area contributed by atoms with Crippen LogP contribution in [0.4, 0.5) is 5.95 Å². The Balaban J connectivity index is 2.06. The minimum Gasteiger partial charge on any atom is -0.353 e. The average molecular weight is 249 g/mol. The number of nitrogens with one attached hydrogen (secondary N) is 1. The minimum atomic E-state index is 0.534. The van der Waals surface area contributed by atoms with Crippen LogP contribution < -0.4 is 5.32 Å². The second kappa shape index (κ2) is 6.26. The predicted octanol–water partition coefficient (Wildman–Crippen LogP) is 4.23. The summed E-state index contributed by atoms with van der Waals surface area (Å²) in [5.74, 6) is 1.81. The summed E-state index contributed by atoms with van der Waals surface area (Å²) >= 11 is 0. The second-order valence-corrected chi connectivity index (χ2v) is 5.60. The van der Waals surface area contributed by atoms with Gasteiger partial charge in [0.25, 0.3) is 0 Å². The molecule has 0 spiro atoms. The molecule has 1 aliphatic carbocycles. The van der Waals surface area contributed by atoms with Gasteiger partial charge in [0.05, 0.1) is 0 Å². The lowest BCUT2D eigenvalue weighted by Gasteiger charge is -2.25. The molecular weight excluding hydrogens is 222 g/mol. The topological polar surface area (TPSA) is 29.9 Å². The molecular formula is C15H27N3. The van der Waals surface area contributed by atoms with Crippen molar-refractivity contribution >= 4 is 5.95 Å². The molecule has 0 bridgehead atoms. The number of anilines is 1. The Morgan fingerprint density at radius 1 is 1.33 bits per heavy atom. The van der Waals surface area contributed by atoms with Gasteiger partial charge in [-0.1, -0.05) is 39.5 Å². The highest BCUT2D eigenvalue weighted by Crippen LogP contribution is 2.28. The van der Waals surface area contributed by atoms with Crippen molar-refractivity contribution in [3.8, 4) is 0 Å². The summed E-state index contributed by atoms with van der Waals surface area (Å²) < 4.78 is 2.33. The third-order valence-corrected chi connectivity index (χ3v) is 4.53. The Morgan fingerprint density at radius 3 is 2.61 bits per heavy atom. The van der Waals surface area contributed by atoms with E-state index in [2.05, 4.69) is 41.8 Å². The summed E-state index contributed by atoms with van der Waals surface area (Å²) in [6.45, 7) is 6.89. The van der Waals surface area contributed by atoms with E-state index in [1.165, 1.54) is 38.5 Å². The van der Waals surface area contributed by atoms with Crippen LogP contribution in [0.3, 0.4) is 0 Å². The molecule has 0 saturated heterocycles. The molecule has 0 aliphatic heterocycles. The van der Waals surface area contributed by atoms with Crippen LogP contribution in [0.5, 0.6) is 0 Å². The molecule has 1 N–H and O–H groups in total. The van der Waals surface area contributed by atoms with Crippen LogP contribution in [0.2, 0.25) is 0 Å². The maximum Gasteiger partial charge on any atom is 0.203 e. The van der Waals surface area contributed by atoms with Gasteiger partial charge in [-0.3, -0.25) is 0 Å². The summed E-state index contributed by atoms with van der Waals surface area (Å²) in [6, 6.07) is 1.17. The van der Waals surface area contributed by atoms with E-state index in [1.54, 1.807) is 0 Å². The second-order valence-electron chi connectivity index (χ2n) is 5.60. The Bertz CT molecular complexity index is 348. The molecule has 1 unspecified atom stereocenters. The number of nitrogens with zero attached hydrogens (tertiary/aromatic N) is 2. The minimum absolute atomic E-state index is 0.534. The molecule has 0 amide bonds. The van der Waals surface area contributed by atoms with Gasteiger partial charge in [-0.2, -0.15) is 0 Å². The summed E-state index contributed by atoms with van der Waals surface area (Å²) in [6.07, 6.45) is 11.8. The lowest BCUT2D eigenvalue weighted by Crippen LogP contribution is -2.22. The van der Waals surface area contributed by atoms with Gasteiger partial charge < -0.3 is 9.88 Å². The molecule has 1 fully saturated rings. The SMILES string of the molecule is CCC(CC)C(C)n1ccnc1NC1CCCC1. The molecule has 1 aliphatic rings. The number of hydrogen-bond acceptors (Lipinski definition) is 2. The van der Waals surface area contributed by atoms with Gasteiger partial charge in [-0.05, 0) is 25.7 Å². The van der Waals surface area contributed by atoms with Crippen LogP contribution in [0.1, 0.15) is 65.3 Å². The van der Waals surface area contributed by atoms with Crippen LogP contribution in [0.25, 0.3) is 0 Å². The number of imidazole rings is 1. The fourth-order valence-electron chi connectivity index (χ4n) is 3.20. The van der Waals surface area contributed by atoms with Gasteiger partial charge in [0.15, 0.2) is 0 Å². The number of hydrogen-bond donors (Lipinski definition) is 1. The third-order valence-electron chi connectivity index (χ3n) is 4.53. The van der Waals surface area contributed by atoms with Gasteiger partial charge in [-0.25, -0.2) is 4.98 Å². The van der Waals surface area contributed by atoms with E-state index in [0.717, 1.165) is 11.9 Å². The van der Waals surface area contributed by atoms with Gasteiger partial charge >= 0.3 is 0 Å². The fraction of sp³-hybridized carbons (Fsp3) is 0.800. The highest BCUT2D eigenvalue weighted by molar-refractivity contribution is 5.28. The number of rotatable bonds is 6. The molecule has 1 aromatic heterocycles. The fourth-order valence-corrected chi connectivity index (χ4v) is 3.20. The van der Waals surface area contributed by atoms with Gasteiger partial charge in [0.2, 0.25) is 5.95 Å². The maximum atomic E-state index is 4.50. The van der Waals surface area contributed by atoms with E-state index in [4.69, 9.17) is 0 Å². The molecule has 102 valence electrons. The normalized spacial score (nSPS) is 18.4. The zero-order valence-corrected chi connectivity index (χ0v) is 12.0. The van der Waals surface area contributed by atoms with E-state index >= 15 is 0 Å². The molecule has 18 heavy (non-hydrogen) atoms. The largest absolute Gasteiger partial charge is 0.353 e.